The van der Waals surface area contributed by atoms with Crippen LogP contribution in [0.15, 0.2) is 36.4 Å². The van der Waals surface area contributed by atoms with Crippen LogP contribution >= 0.6 is 0 Å². The van der Waals surface area contributed by atoms with Gasteiger partial charge in [-0.25, -0.2) is 0 Å². The molecule has 5 heteroatoms. The lowest BCUT2D eigenvalue weighted by atomic mass is 9.82. The van der Waals surface area contributed by atoms with Gasteiger partial charge in [0.15, 0.2) is 0 Å². The summed E-state index contributed by atoms with van der Waals surface area (Å²) in [5.41, 5.74) is 1.29. The Hall–Kier alpha value is -2.14. The van der Waals surface area contributed by atoms with Crippen LogP contribution in [0.4, 0.5) is 5.69 Å². The number of amides is 1. The summed E-state index contributed by atoms with van der Waals surface area (Å²) in [5.74, 6) is -2.37. The Morgan fingerprint density at radius 2 is 1.91 bits per heavy atom. The Labute approximate surface area is 128 Å². The minimum atomic E-state index is -0.908. The number of nitrogens with one attached hydrogen (secondary N) is 1. The van der Waals surface area contributed by atoms with Crippen LogP contribution in [0, 0.1) is 23.7 Å². The minimum Gasteiger partial charge on any atom is -0.481 e. The lowest BCUT2D eigenvalue weighted by Crippen LogP contribution is -2.36. The van der Waals surface area contributed by atoms with Crippen LogP contribution < -0.4 is 5.32 Å². The highest BCUT2D eigenvalue weighted by Crippen LogP contribution is 2.48. The van der Waals surface area contributed by atoms with Crippen LogP contribution in [0.2, 0.25) is 0 Å². The van der Waals surface area contributed by atoms with Gasteiger partial charge in [0.05, 0.1) is 17.9 Å². The van der Waals surface area contributed by atoms with Crippen LogP contribution in [0.25, 0.3) is 0 Å². The number of carbonyl (C=O) groups excluding carboxylic acids is 1. The molecule has 5 atom stereocenters. The maximum Gasteiger partial charge on any atom is 0.307 e. The molecule has 0 unspecified atom stereocenters. The molecule has 1 aromatic carbocycles. The molecule has 2 aliphatic rings. The van der Waals surface area contributed by atoms with Gasteiger partial charge >= 0.3 is 5.97 Å². The third-order valence-electron chi connectivity index (χ3n) is 4.68. The lowest BCUT2D eigenvalue weighted by molar-refractivity contribution is -0.146. The fraction of sp³-hybridized carbons (Fsp3) is 0.412. The Morgan fingerprint density at radius 1 is 1.23 bits per heavy atom. The van der Waals surface area contributed by atoms with Crippen molar-refractivity contribution in [3.8, 4) is 0 Å². The molecule has 5 nitrogen and oxygen atoms in total. The van der Waals surface area contributed by atoms with E-state index in [4.69, 9.17) is 0 Å². The summed E-state index contributed by atoms with van der Waals surface area (Å²) in [7, 11) is 0. The molecule has 1 fully saturated rings. The van der Waals surface area contributed by atoms with Crippen LogP contribution in [-0.4, -0.2) is 22.1 Å². The van der Waals surface area contributed by atoms with Gasteiger partial charge < -0.3 is 15.5 Å². The van der Waals surface area contributed by atoms with Gasteiger partial charge in [-0.15, -0.1) is 0 Å². The van der Waals surface area contributed by atoms with Crippen molar-refractivity contribution in [1.29, 1.82) is 0 Å². The van der Waals surface area contributed by atoms with Crippen molar-refractivity contribution in [3.63, 3.8) is 0 Å². The predicted octanol–water partition coefficient (Wildman–Crippen LogP) is 2.20. The summed E-state index contributed by atoms with van der Waals surface area (Å²) in [4.78, 5) is 24.0. The van der Waals surface area contributed by atoms with E-state index >= 15 is 0 Å². The summed E-state index contributed by atoms with van der Waals surface area (Å²) in [6.45, 7) is 1.65. The summed E-state index contributed by atoms with van der Waals surface area (Å²) in [5, 5.41) is 21.8. The zero-order valence-electron chi connectivity index (χ0n) is 12.3. The summed E-state index contributed by atoms with van der Waals surface area (Å²) in [6.07, 6.45) is 4.00. The molecule has 2 bridgehead atoms. The van der Waals surface area contributed by atoms with Gasteiger partial charge in [0.1, 0.15) is 0 Å². The molecule has 2 aliphatic carbocycles. The van der Waals surface area contributed by atoms with Crippen LogP contribution in [0.5, 0.6) is 0 Å². The SMILES string of the molecule is C[C@H](O)c1cccc(NC(=O)[C@H]2[C@@H](C(=O)O)[C@H]3C=C[C@H]2C3)c1. The van der Waals surface area contributed by atoms with E-state index < -0.39 is 23.9 Å². The molecule has 0 radical (unpaired) electrons. The highest BCUT2D eigenvalue weighted by molar-refractivity contribution is 5.96. The van der Waals surface area contributed by atoms with Crippen LogP contribution in [0.1, 0.15) is 25.0 Å². The van der Waals surface area contributed by atoms with Crippen molar-refractivity contribution < 1.29 is 19.8 Å². The average molecular weight is 301 g/mol. The maximum absolute atomic E-state index is 12.5. The molecule has 0 aromatic heterocycles. The highest BCUT2D eigenvalue weighted by atomic mass is 16.4. The van der Waals surface area contributed by atoms with Crippen LogP contribution in [0.3, 0.4) is 0 Å². The molecule has 3 rings (SSSR count). The normalized spacial score (nSPS) is 30.3. The van der Waals surface area contributed by atoms with Gasteiger partial charge in [-0.2, -0.15) is 0 Å². The second-order valence-electron chi connectivity index (χ2n) is 6.13. The van der Waals surface area contributed by atoms with Crippen molar-refractivity contribution in [3.05, 3.63) is 42.0 Å². The van der Waals surface area contributed by atoms with Gasteiger partial charge in [-0.1, -0.05) is 24.3 Å². The third kappa shape index (κ3) is 2.52. The Morgan fingerprint density at radius 3 is 2.55 bits per heavy atom. The number of hydrogen-bond acceptors (Lipinski definition) is 3. The van der Waals surface area contributed by atoms with Gasteiger partial charge in [-0.05, 0) is 42.9 Å². The minimum absolute atomic E-state index is 0.00560. The van der Waals surface area contributed by atoms with Crippen molar-refractivity contribution in [2.24, 2.45) is 23.7 Å². The molecule has 0 spiro atoms. The molecule has 0 saturated heterocycles. The molecular weight excluding hydrogens is 282 g/mol. The zero-order valence-corrected chi connectivity index (χ0v) is 12.3. The fourth-order valence-electron chi connectivity index (χ4n) is 3.62. The first-order valence-corrected chi connectivity index (χ1v) is 7.47. The Bertz CT molecular complexity index is 637. The van der Waals surface area contributed by atoms with Gasteiger partial charge in [-0.3, -0.25) is 9.59 Å². The molecular formula is C17H19NO4. The van der Waals surface area contributed by atoms with Crippen molar-refractivity contribution in [1.82, 2.24) is 0 Å². The van der Waals surface area contributed by atoms with E-state index in [0.717, 1.165) is 6.42 Å². The van der Waals surface area contributed by atoms with Gasteiger partial charge in [0.25, 0.3) is 0 Å². The Kier molecular flexibility index (Phi) is 3.74. The number of carbonyl (C=O) groups is 2. The number of allylic oxidation sites excluding steroid dienone is 2. The number of aliphatic carboxylic acids is 1. The average Bonchev–Trinajstić information content (AvgIpc) is 3.07. The van der Waals surface area contributed by atoms with Crippen molar-refractivity contribution in [2.75, 3.05) is 5.32 Å². The summed E-state index contributed by atoms with van der Waals surface area (Å²) >= 11 is 0. The van der Waals surface area contributed by atoms with Crippen LogP contribution in [-0.2, 0) is 9.59 Å². The first-order chi connectivity index (χ1) is 10.5. The first-order valence-electron chi connectivity index (χ1n) is 7.47. The smallest absolute Gasteiger partial charge is 0.307 e. The molecule has 1 amide bonds. The topological polar surface area (TPSA) is 86.6 Å². The number of aliphatic hydroxyl groups excluding tert-OH is 1. The molecule has 3 N–H and O–H groups in total. The monoisotopic (exact) mass is 301 g/mol. The molecule has 0 heterocycles. The quantitative estimate of drug-likeness (QED) is 0.744. The number of carboxylic acid groups (broad SMARTS) is 1. The number of fused-ring (bicyclic) bond motifs is 2. The van der Waals surface area contributed by atoms with E-state index in [9.17, 15) is 19.8 Å². The first kappa shape index (κ1) is 14.8. The zero-order chi connectivity index (χ0) is 15.9. The molecule has 116 valence electrons. The summed E-state index contributed by atoms with van der Waals surface area (Å²) < 4.78 is 0. The van der Waals surface area contributed by atoms with E-state index in [1.54, 1.807) is 31.2 Å². The maximum atomic E-state index is 12.5. The largest absolute Gasteiger partial charge is 0.481 e. The highest BCUT2D eigenvalue weighted by Gasteiger charge is 2.51. The molecule has 1 aromatic rings. The van der Waals surface area contributed by atoms with E-state index in [-0.39, 0.29) is 17.7 Å². The predicted molar refractivity (Wildman–Crippen MR) is 81.1 cm³/mol. The number of aliphatic hydroxyl groups is 1. The van der Waals surface area contributed by atoms with Crippen molar-refractivity contribution in [2.45, 2.75) is 19.4 Å². The second kappa shape index (κ2) is 5.57. The van der Waals surface area contributed by atoms with Gasteiger partial charge in [0.2, 0.25) is 5.91 Å². The van der Waals surface area contributed by atoms with E-state index in [0.29, 0.717) is 11.3 Å². The number of rotatable bonds is 4. The summed E-state index contributed by atoms with van der Waals surface area (Å²) in [6, 6.07) is 6.98. The molecule has 22 heavy (non-hydrogen) atoms. The fourth-order valence-corrected chi connectivity index (χ4v) is 3.62. The standard InChI is InChI=1S/C17H19NO4/c1-9(19)10-3-2-4-13(8-10)18-16(20)14-11-5-6-12(7-11)15(14)17(21)22/h2-6,8-9,11-12,14-15,19H,7H2,1H3,(H,18,20)(H,21,22)/t9-,11-,12-,14+,15-/m0/s1. The Balaban J connectivity index is 1.78. The van der Waals surface area contributed by atoms with Gasteiger partial charge in [0, 0.05) is 5.69 Å². The second-order valence-corrected chi connectivity index (χ2v) is 6.13. The number of carboxylic acids is 1. The van der Waals surface area contributed by atoms with Crippen molar-refractivity contribution >= 4 is 17.6 Å². The lowest BCUT2D eigenvalue weighted by Gasteiger charge is -2.24. The third-order valence-corrected chi connectivity index (χ3v) is 4.68. The number of benzene rings is 1. The number of anilines is 1. The number of hydrogen-bond donors (Lipinski definition) is 3. The van der Waals surface area contributed by atoms with E-state index in [1.807, 2.05) is 12.2 Å². The molecule has 1 saturated carbocycles. The van der Waals surface area contributed by atoms with E-state index in [2.05, 4.69) is 5.32 Å². The van der Waals surface area contributed by atoms with E-state index in [1.165, 1.54) is 0 Å². The molecule has 0 aliphatic heterocycles.